The van der Waals surface area contributed by atoms with Crippen molar-refractivity contribution in [1.29, 1.82) is 0 Å². The van der Waals surface area contributed by atoms with Crippen LogP contribution in [0.15, 0.2) is 46.9 Å². The first-order chi connectivity index (χ1) is 14.0. The number of carbonyl (C=O) groups excluding carboxylic acids is 1. The predicted molar refractivity (Wildman–Crippen MR) is 115 cm³/mol. The van der Waals surface area contributed by atoms with Gasteiger partial charge in [0, 0.05) is 23.8 Å². The lowest BCUT2D eigenvalue weighted by molar-refractivity contribution is -0.117. The summed E-state index contributed by atoms with van der Waals surface area (Å²) in [6, 6.07) is 13.3. The summed E-state index contributed by atoms with van der Waals surface area (Å²) in [4.78, 5) is 21.5. The summed E-state index contributed by atoms with van der Waals surface area (Å²) in [5.41, 5.74) is 3.64. The number of rotatable bonds is 5. The minimum Gasteiger partial charge on any atom is -0.439 e. The average Bonchev–Trinajstić information content (AvgIpc) is 2.93. The zero-order valence-electron chi connectivity index (χ0n) is 16.5. The van der Waals surface area contributed by atoms with E-state index in [2.05, 4.69) is 20.1 Å². The lowest BCUT2D eigenvalue weighted by Gasteiger charge is -2.20. The maximum Gasteiger partial charge on any atom is 0.238 e. The first-order valence-corrected chi connectivity index (χ1v) is 10.3. The Hall–Kier alpha value is -2.41. The summed E-state index contributed by atoms with van der Waals surface area (Å²) in [6.07, 6.45) is 1.00. The molecule has 1 amide bonds. The second-order valence-electron chi connectivity index (χ2n) is 7.54. The van der Waals surface area contributed by atoms with E-state index < -0.39 is 0 Å². The molecule has 4 rings (SSSR count). The fraction of sp³-hybridized carbons (Fsp3) is 0.364. The van der Waals surface area contributed by atoms with Crippen molar-refractivity contribution < 1.29 is 9.21 Å². The van der Waals surface area contributed by atoms with E-state index in [1.807, 2.05) is 37.3 Å². The molecule has 1 aromatic heterocycles. The largest absolute Gasteiger partial charge is 0.439 e. The van der Waals surface area contributed by atoms with Crippen molar-refractivity contribution in [3.05, 3.63) is 58.9 Å². The maximum atomic E-state index is 12.4. The number of benzene rings is 2. The molecule has 152 valence electrons. The van der Waals surface area contributed by atoms with Crippen LogP contribution in [0.4, 0.5) is 5.69 Å². The maximum absolute atomic E-state index is 12.4. The molecule has 1 N–H and O–H groups in total. The minimum absolute atomic E-state index is 0.0185. The highest BCUT2D eigenvalue weighted by Gasteiger charge is 2.19. The first-order valence-electron chi connectivity index (χ1n) is 9.91. The molecule has 29 heavy (non-hydrogen) atoms. The van der Waals surface area contributed by atoms with E-state index in [9.17, 15) is 4.79 Å². The zero-order valence-corrected chi connectivity index (χ0v) is 17.3. The normalized spacial score (nSPS) is 16.1. The number of hydrogen-bond acceptors (Lipinski definition) is 5. The number of amides is 1. The highest BCUT2D eigenvalue weighted by atomic mass is 35.5. The van der Waals surface area contributed by atoms with E-state index in [0.717, 1.165) is 55.3 Å². The molecule has 6 nitrogen and oxygen atoms in total. The summed E-state index contributed by atoms with van der Waals surface area (Å²) in [5, 5.41) is 3.53. The van der Waals surface area contributed by atoms with Crippen molar-refractivity contribution in [2.75, 3.05) is 38.0 Å². The second-order valence-corrected chi connectivity index (χ2v) is 7.98. The molecule has 2 aromatic carbocycles. The van der Waals surface area contributed by atoms with Gasteiger partial charge in [-0.3, -0.25) is 14.6 Å². The van der Waals surface area contributed by atoms with Crippen LogP contribution in [0.1, 0.15) is 17.9 Å². The Bertz CT molecular complexity index is 1000. The molecule has 2 heterocycles. The van der Waals surface area contributed by atoms with Crippen LogP contribution in [0.2, 0.25) is 5.02 Å². The van der Waals surface area contributed by atoms with Gasteiger partial charge in [0.2, 0.25) is 11.8 Å². The van der Waals surface area contributed by atoms with Gasteiger partial charge in [0.15, 0.2) is 5.58 Å². The van der Waals surface area contributed by atoms with Gasteiger partial charge < -0.3 is 9.73 Å². The third-order valence-corrected chi connectivity index (χ3v) is 5.34. The third kappa shape index (κ3) is 5.35. The standard InChI is InChI=1S/C22H25ClN4O2/c1-16-6-7-19-20(12-16)29-22(25-19)15-27-9-3-8-26(10-11-27)14-21(28)24-18-5-2-4-17(23)13-18/h2,4-7,12-13H,3,8-11,14-15H2,1H3,(H,24,28). The van der Waals surface area contributed by atoms with Crippen molar-refractivity contribution in [2.45, 2.75) is 19.9 Å². The molecule has 0 unspecified atom stereocenters. The Morgan fingerprint density at radius 3 is 2.83 bits per heavy atom. The van der Waals surface area contributed by atoms with E-state index in [1.54, 1.807) is 12.1 Å². The number of halogens is 1. The summed E-state index contributed by atoms with van der Waals surface area (Å²) in [6.45, 7) is 6.69. The van der Waals surface area contributed by atoms with Gasteiger partial charge in [-0.2, -0.15) is 0 Å². The van der Waals surface area contributed by atoms with E-state index in [-0.39, 0.29) is 5.91 Å². The second kappa shape index (κ2) is 8.95. The van der Waals surface area contributed by atoms with E-state index in [1.165, 1.54) is 5.56 Å². The molecule has 0 atom stereocenters. The predicted octanol–water partition coefficient (Wildman–Crippen LogP) is 3.94. The Kier molecular flexibility index (Phi) is 6.13. The van der Waals surface area contributed by atoms with Crippen molar-refractivity contribution in [3.63, 3.8) is 0 Å². The van der Waals surface area contributed by atoms with Crippen molar-refractivity contribution in [3.8, 4) is 0 Å². The Morgan fingerprint density at radius 1 is 1.14 bits per heavy atom. The third-order valence-electron chi connectivity index (χ3n) is 5.10. The fourth-order valence-corrected chi connectivity index (χ4v) is 3.84. The van der Waals surface area contributed by atoms with Crippen LogP contribution >= 0.6 is 11.6 Å². The molecule has 7 heteroatoms. The highest BCUT2D eigenvalue weighted by molar-refractivity contribution is 6.30. The van der Waals surface area contributed by atoms with Crippen LogP contribution in [0.25, 0.3) is 11.1 Å². The van der Waals surface area contributed by atoms with E-state index in [0.29, 0.717) is 18.1 Å². The van der Waals surface area contributed by atoms with Crippen molar-refractivity contribution in [1.82, 2.24) is 14.8 Å². The number of carbonyl (C=O) groups is 1. The molecule has 0 radical (unpaired) electrons. The van der Waals surface area contributed by atoms with Gasteiger partial charge in [0.05, 0.1) is 13.1 Å². The van der Waals surface area contributed by atoms with E-state index >= 15 is 0 Å². The molecular weight excluding hydrogens is 388 g/mol. The van der Waals surface area contributed by atoms with Crippen LogP contribution in [-0.4, -0.2) is 53.4 Å². The quantitative estimate of drug-likeness (QED) is 0.687. The zero-order chi connectivity index (χ0) is 20.2. The number of nitrogens with one attached hydrogen (secondary N) is 1. The lowest BCUT2D eigenvalue weighted by Crippen LogP contribution is -2.36. The molecule has 0 aliphatic carbocycles. The topological polar surface area (TPSA) is 61.6 Å². The van der Waals surface area contributed by atoms with Crippen LogP contribution in [0.5, 0.6) is 0 Å². The molecule has 1 aliphatic heterocycles. The molecule has 3 aromatic rings. The monoisotopic (exact) mass is 412 g/mol. The first kappa shape index (κ1) is 19.9. The molecule has 0 bridgehead atoms. The molecular formula is C22H25ClN4O2. The number of aromatic nitrogens is 1. The number of fused-ring (bicyclic) bond motifs is 1. The number of nitrogens with zero attached hydrogens (tertiary/aromatic N) is 3. The average molecular weight is 413 g/mol. The molecule has 1 aliphatic rings. The van der Waals surface area contributed by atoms with Gasteiger partial charge in [-0.25, -0.2) is 4.98 Å². The molecule has 1 fully saturated rings. The summed E-state index contributed by atoms with van der Waals surface area (Å²) in [7, 11) is 0. The van der Waals surface area contributed by atoms with Gasteiger partial charge in [-0.15, -0.1) is 0 Å². The molecule has 1 saturated heterocycles. The van der Waals surface area contributed by atoms with Crippen molar-refractivity contribution >= 4 is 34.3 Å². The van der Waals surface area contributed by atoms with E-state index in [4.69, 9.17) is 16.0 Å². The molecule has 0 saturated carbocycles. The SMILES string of the molecule is Cc1ccc2nc(CN3CCCN(CC(=O)Nc4cccc(Cl)c4)CC3)oc2c1. The van der Waals surface area contributed by atoms with Crippen LogP contribution in [0.3, 0.4) is 0 Å². The summed E-state index contributed by atoms with van der Waals surface area (Å²) in [5.74, 6) is 0.729. The number of anilines is 1. The van der Waals surface area contributed by atoms with Gasteiger partial charge in [-0.05, 0) is 62.3 Å². The molecule has 0 spiro atoms. The van der Waals surface area contributed by atoms with Crippen molar-refractivity contribution in [2.24, 2.45) is 0 Å². The number of aryl methyl sites for hydroxylation is 1. The van der Waals surface area contributed by atoms with Gasteiger partial charge in [-0.1, -0.05) is 23.7 Å². The Balaban J connectivity index is 1.30. The Labute approximate surface area is 175 Å². The minimum atomic E-state index is -0.0185. The van der Waals surface area contributed by atoms with Crippen LogP contribution < -0.4 is 5.32 Å². The lowest BCUT2D eigenvalue weighted by atomic mass is 10.2. The fourth-order valence-electron chi connectivity index (χ4n) is 3.65. The van der Waals surface area contributed by atoms with Crippen LogP contribution in [-0.2, 0) is 11.3 Å². The Morgan fingerprint density at radius 2 is 1.97 bits per heavy atom. The van der Waals surface area contributed by atoms with Gasteiger partial charge in [0.25, 0.3) is 0 Å². The van der Waals surface area contributed by atoms with Gasteiger partial charge >= 0.3 is 0 Å². The smallest absolute Gasteiger partial charge is 0.238 e. The number of hydrogen-bond donors (Lipinski definition) is 1. The highest BCUT2D eigenvalue weighted by Crippen LogP contribution is 2.19. The summed E-state index contributed by atoms with van der Waals surface area (Å²) >= 11 is 5.98. The summed E-state index contributed by atoms with van der Waals surface area (Å²) < 4.78 is 5.92. The number of oxazole rings is 1. The van der Waals surface area contributed by atoms with Gasteiger partial charge in [0.1, 0.15) is 5.52 Å². The van der Waals surface area contributed by atoms with Crippen LogP contribution in [0, 0.1) is 6.92 Å².